The second-order valence-electron chi connectivity index (χ2n) is 0.385. The van der Waals surface area contributed by atoms with E-state index in [-0.39, 0.29) is 21.7 Å². The van der Waals surface area contributed by atoms with Crippen molar-refractivity contribution in [3.8, 4) is 0 Å². The first kappa shape index (κ1) is 29.2. The van der Waals surface area contributed by atoms with Crippen LogP contribution in [0.1, 0.15) is 0 Å². The maximum absolute atomic E-state index is 8.46. The summed E-state index contributed by atoms with van der Waals surface area (Å²) >= 11 is -7.00. The Hall–Kier alpha value is 1.24. The topological polar surface area (TPSA) is 161 Å². The van der Waals surface area contributed by atoms with Crippen LogP contribution in [0, 0.1) is 0 Å². The minimum Gasteiger partial charge on any atom is 4.00 e. The maximum Gasteiger partial charge on any atom is 4.00 e. The average molecular weight is 284 g/mol. The molecule has 0 aromatic carbocycles. The Labute approximate surface area is 114 Å². The monoisotopic (exact) mass is 284 g/mol. The molecule has 0 radical (unpaired) electrons. The third kappa shape index (κ3) is 1080. The van der Waals surface area contributed by atoms with E-state index in [0.29, 0.717) is 0 Å². The molecule has 0 aromatic rings. The van der Waals surface area contributed by atoms with Crippen LogP contribution in [0.3, 0.4) is 0 Å². The SMILES string of the molecule is [O]=[Al][O-].[O]=[Al][O-].[O]=[Al][O-].[O]=[Al][O-].[Ti+4]. The standard InChI is InChI=1S/4Al.8O.Ti/q;;;;;;;;4*-1;+4. The van der Waals surface area contributed by atoms with E-state index in [1.165, 1.54) is 0 Å². The molecule has 0 N–H and O–H groups in total. The molecule has 0 amide bonds. The van der Waals surface area contributed by atoms with Crippen molar-refractivity contribution in [3.63, 3.8) is 0 Å². The minimum atomic E-state index is -1.75. The van der Waals surface area contributed by atoms with Gasteiger partial charge in [0, 0.05) is 0 Å². The van der Waals surface area contributed by atoms with Gasteiger partial charge in [-0.15, -0.1) is 0 Å². The van der Waals surface area contributed by atoms with Gasteiger partial charge in [-0.25, -0.2) is 0 Å². The summed E-state index contributed by atoms with van der Waals surface area (Å²) in [5.74, 6) is 0. The van der Waals surface area contributed by atoms with Crippen molar-refractivity contribution < 1.29 is 53.6 Å². The summed E-state index contributed by atoms with van der Waals surface area (Å²) in [5, 5.41) is 0. The molecule has 0 saturated heterocycles. The Kier molecular flexibility index (Phi) is 162. The van der Waals surface area contributed by atoms with Crippen LogP contribution in [0.2, 0.25) is 0 Å². The molecule has 0 aliphatic heterocycles. The van der Waals surface area contributed by atoms with E-state index in [9.17, 15) is 0 Å². The quantitative estimate of drug-likeness (QED) is 0.396. The molecule has 8 nitrogen and oxygen atoms in total. The Morgan fingerprint density at radius 2 is 0.538 bits per heavy atom. The van der Waals surface area contributed by atoms with Gasteiger partial charge < -0.3 is 0 Å². The molecule has 0 aromatic heterocycles. The largest absolute Gasteiger partial charge is 4.00 e. The molecule has 13 heavy (non-hydrogen) atoms. The van der Waals surface area contributed by atoms with Crippen molar-refractivity contribution in [2.75, 3.05) is 0 Å². The molecule has 64 valence electrons. The summed E-state index contributed by atoms with van der Waals surface area (Å²) in [7, 11) is 0. The fraction of sp³-hybridized carbons (Fsp3) is 0. The van der Waals surface area contributed by atoms with Crippen LogP contribution >= 0.6 is 0 Å². The third-order valence-electron chi connectivity index (χ3n) is 0. The minimum absolute atomic E-state index is 0. The maximum atomic E-state index is 8.46. The molecule has 0 saturated carbocycles. The molecule has 0 fully saturated rings. The summed E-state index contributed by atoms with van der Waals surface area (Å²) in [6, 6.07) is 0. The summed E-state index contributed by atoms with van der Waals surface area (Å²) in [6.07, 6.45) is 0. The zero-order chi connectivity index (χ0) is 10.8. The van der Waals surface area contributed by atoms with Gasteiger partial charge in [-0.1, -0.05) is 0 Å². The van der Waals surface area contributed by atoms with Gasteiger partial charge in [0.1, 0.15) is 0 Å². The third-order valence-corrected chi connectivity index (χ3v) is 0. The van der Waals surface area contributed by atoms with Gasteiger partial charge >= 0.3 is 116 Å². The summed E-state index contributed by atoms with van der Waals surface area (Å²) in [5.41, 5.74) is 0. The van der Waals surface area contributed by atoms with Crippen molar-refractivity contribution in [1.29, 1.82) is 0 Å². The fourth-order valence-electron chi connectivity index (χ4n) is 0. The molecule has 13 heteroatoms. The van der Waals surface area contributed by atoms with Crippen LogP contribution in [0.15, 0.2) is 0 Å². The normalized spacial score (nSPS) is 2.46. The fourth-order valence-corrected chi connectivity index (χ4v) is 0. The van der Waals surface area contributed by atoms with Gasteiger partial charge in [0.2, 0.25) is 0 Å². The first-order valence-corrected chi connectivity index (χ1v) is 5.66. The van der Waals surface area contributed by atoms with Crippen LogP contribution in [-0.2, 0) is 36.9 Å². The number of rotatable bonds is 0. The van der Waals surface area contributed by atoms with Crippen molar-refractivity contribution >= 4 is 61.9 Å². The molecule has 0 aliphatic carbocycles. The van der Waals surface area contributed by atoms with Crippen molar-refractivity contribution in [2.24, 2.45) is 0 Å². The molecule has 0 aliphatic rings. The molecular weight excluding hydrogens is 284 g/mol. The van der Waals surface area contributed by atoms with Crippen LogP contribution in [0.4, 0.5) is 0 Å². The predicted molar refractivity (Wildman–Crippen MR) is 25.8 cm³/mol. The zero-order valence-electron chi connectivity index (χ0n) is 6.08. The van der Waals surface area contributed by atoms with Gasteiger partial charge in [0.25, 0.3) is 0 Å². The van der Waals surface area contributed by atoms with E-state index in [1.54, 1.807) is 0 Å². The van der Waals surface area contributed by atoms with E-state index in [4.69, 9.17) is 31.8 Å². The van der Waals surface area contributed by atoms with Crippen molar-refractivity contribution in [3.05, 3.63) is 0 Å². The van der Waals surface area contributed by atoms with Crippen LogP contribution in [0.25, 0.3) is 0 Å². The van der Waals surface area contributed by atoms with E-state index in [1.807, 2.05) is 0 Å². The first-order chi connectivity index (χ1) is 5.66. The zero-order valence-corrected chi connectivity index (χ0v) is 12.3. The van der Waals surface area contributed by atoms with E-state index in [0.717, 1.165) is 0 Å². The second kappa shape index (κ2) is 72.2. The molecule has 0 heterocycles. The van der Waals surface area contributed by atoms with E-state index >= 15 is 0 Å². The molecule has 0 rings (SSSR count). The molecular formula is Al4O8Ti. The first-order valence-electron chi connectivity index (χ1n) is 1.89. The van der Waals surface area contributed by atoms with Crippen LogP contribution < -0.4 is 16.6 Å². The van der Waals surface area contributed by atoms with Crippen LogP contribution in [-0.4, -0.2) is 61.9 Å². The van der Waals surface area contributed by atoms with E-state index < -0.39 is 61.9 Å². The Bertz CT molecular complexity index is 70.1. The van der Waals surface area contributed by atoms with Gasteiger partial charge in [-0.05, 0) is 0 Å². The van der Waals surface area contributed by atoms with Crippen LogP contribution in [0.5, 0.6) is 0 Å². The summed E-state index contributed by atoms with van der Waals surface area (Å²) < 4.78 is 67.7. The summed E-state index contributed by atoms with van der Waals surface area (Å²) in [4.78, 5) is 0. The smallest absolute Gasteiger partial charge is 4.00 e. The predicted octanol–water partition coefficient (Wildman–Crippen LogP) is -6.76. The number of hydrogen-bond donors (Lipinski definition) is 0. The Balaban J connectivity index is -0.0000000213. The number of hydrogen-bond acceptors (Lipinski definition) is 8. The Morgan fingerprint density at radius 1 is 0.538 bits per heavy atom. The van der Waals surface area contributed by atoms with Gasteiger partial charge in [-0.3, -0.25) is 0 Å². The molecule has 0 atom stereocenters. The average Bonchev–Trinajstić information content (AvgIpc) is 1.92. The second-order valence-corrected chi connectivity index (χ2v) is 1.15. The van der Waals surface area contributed by atoms with Gasteiger partial charge in [0.15, 0.2) is 0 Å². The molecule has 0 bridgehead atoms. The van der Waals surface area contributed by atoms with Crippen molar-refractivity contribution in [1.82, 2.24) is 0 Å². The summed E-state index contributed by atoms with van der Waals surface area (Å²) in [6.45, 7) is 0. The van der Waals surface area contributed by atoms with E-state index in [2.05, 4.69) is 0 Å². The van der Waals surface area contributed by atoms with Crippen molar-refractivity contribution in [2.45, 2.75) is 0 Å². The molecule has 0 unspecified atom stereocenters. The Morgan fingerprint density at radius 3 is 0.538 bits per heavy atom. The van der Waals surface area contributed by atoms with Gasteiger partial charge in [-0.2, -0.15) is 0 Å². The molecule has 0 spiro atoms. The van der Waals surface area contributed by atoms with Gasteiger partial charge in [0.05, 0.1) is 0 Å².